The van der Waals surface area contributed by atoms with Crippen LogP contribution in [-0.2, 0) is 4.79 Å². The second-order valence-electron chi connectivity index (χ2n) is 6.40. The van der Waals surface area contributed by atoms with Gasteiger partial charge in [-0.3, -0.25) is 4.79 Å². The standard InChI is InChI=1S/C19H23N3O2S/c1-13(23)20-15-8-4-9-16(12-15)21-19(24)22-18(14-6-2-3-7-14)17-10-5-11-25-17/h4-5,8-12,14,18H,2-3,6-7H2,1H3,(H,20,23)(H2,21,22,24)/t18-/m0/s1. The first-order chi connectivity index (χ1) is 12.1. The molecule has 132 valence electrons. The summed E-state index contributed by atoms with van der Waals surface area (Å²) < 4.78 is 0. The first-order valence-electron chi connectivity index (χ1n) is 8.60. The van der Waals surface area contributed by atoms with E-state index in [1.807, 2.05) is 11.4 Å². The van der Waals surface area contributed by atoms with Gasteiger partial charge in [-0.05, 0) is 48.4 Å². The van der Waals surface area contributed by atoms with Crippen LogP contribution in [0.1, 0.15) is 43.5 Å². The van der Waals surface area contributed by atoms with Gasteiger partial charge in [0.25, 0.3) is 0 Å². The minimum atomic E-state index is -0.217. The molecule has 0 saturated heterocycles. The van der Waals surface area contributed by atoms with Crippen LogP contribution < -0.4 is 16.0 Å². The van der Waals surface area contributed by atoms with Gasteiger partial charge in [-0.15, -0.1) is 11.3 Å². The Hall–Kier alpha value is -2.34. The van der Waals surface area contributed by atoms with Gasteiger partial charge in [0.2, 0.25) is 5.91 Å². The smallest absolute Gasteiger partial charge is 0.319 e. The van der Waals surface area contributed by atoms with Crippen LogP contribution in [0.3, 0.4) is 0 Å². The molecule has 0 spiro atoms. The van der Waals surface area contributed by atoms with Crippen LogP contribution in [0.25, 0.3) is 0 Å². The fraction of sp³-hybridized carbons (Fsp3) is 0.368. The molecule has 1 aromatic heterocycles. The van der Waals surface area contributed by atoms with Crippen molar-refractivity contribution >= 4 is 34.6 Å². The van der Waals surface area contributed by atoms with Gasteiger partial charge in [-0.2, -0.15) is 0 Å². The minimum Gasteiger partial charge on any atom is -0.330 e. The van der Waals surface area contributed by atoms with Gasteiger partial charge in [0, 0.05) is 23.2 Å². The Morgan fingerprint density at radius 3 is 2.44 bits per heavy atom. The lowest BCUT2D eigenvalue weighted by Gasteiger charge is -2.24. The summed E-state index contributed by atoms with van der Waals surface area (Å²) in [4.78, 5) is 24.9. The van der Waals surface area contributed by atoms with Crippen LogP contribution in [0.4, 0.5) is 16.2 Å². The number of urea groups is 1. The third kappa shape index (κ3) is 4.82. The number of anilines is 2. The largest absolute Gasteiger partial charge is 0.330 e. The molecule has 0 radical (unpaired) electrons. The quantitative estimate of drug-likeness (QED) is 0.722. The molecule has 3 rings (SSSR count). The molecule has 0 aliphatic heterocycles. The molecular weight excluding hydrogens is 334 g/mol. The second-order valence-corrected chi connectivity index (χ2v) is 7.38. The summed E-state index contributed by atoms with van der Waals surface area (Å²) in [5.74, 6) is 0.357. The van der Waals surface area contributed by atoms with Crippen molar-refractivity contribution in [2.24, 2.45) is 5.92 Å². The molecule has 3 N–H and O–H groups in total. The van der Waals surface area contributed by atoms with Gasteiger partial charge in [-0.25, -0.2) is 4.79 Å². The Kier molecular flexibility index (Phi) is 5.71. The van der Waals surface area contributed by atoms with Crippen LogP contribution >= 0.6 is 11.3 Å². The van der Waals surface area contributed by atoms with Crippen molar-refractivity contribution in [3.63, 3.8) is 0 Å². The Balaban J connectivity index is 1.66. The predicted octanol–water partition coefficient (Wildman–Crippen LogP) is 4.76. The molecule has 3 amide bonds. The zero-order valence-electron chi connectivity index (χ0n) is 14.2. The first kappa shape index (κ1) is 17.5. The highest BCUT2D eigenvalue weighted by molar-refractivity contribution is 7.10. The number of rotatable bonds is 5. The van der Waals surface area contributed by atoms with E-state index in [-0.39, 0.29) is 18.0 Å². The molecule has 1 aliphatic carbocycles. The van der Waals surface area contributed by atoms with E-state index in [4.69, 9.17) is 0 Å². The number of nitrogens with one attached hydrogen (secondary N) is 3. The van der Waals surface area contributed by atoms with Crippen LogP contribution in [0.2, 0.25) is 0 Å². The van der Waals surface area contributed by atoms with Gasteiger partial charge < -0.3 is 16.0 Å². The van der Waals surface area contributed by atoms with Crippen molar-refractivity contribution < 1.29 is 9.59 Å². The van der Waals surface area contributed by atoms with E-state index in [1.165, 1.54) is 24.6 Å². The summed E-state index contributed by atoms with van der Waals surface area (Å²) in [5.41, 5.74) is 1.32. The Morgan fingerprint density at radius 1 is 1.08 bits per heavy atom. The highest BCUT2D eigenvalue weighted by Crippen LogP contribution is 2.37. The molecule has 1 aromatic carbocycles. The summed E-state index contributed by atoms with van der Waals surface area (Å²) >= 11 is 1.69. The van der Waals surface area contributed by atoms with E-state index in [2.05, 4.69) is 22.0 Å². The molecule has 1 aliphatic rings. The Labute approximate surface area is 151 Å². The van der Waals surface area contributed by atoms with E-state index in [0.29, 0.717) is 17.3 Å². The number of thiophene rings is 1. The molecule has 0 bridgehead atoms. The number of benzene rings is 1. The molecule has 1 fully saturated rings. The van der Waals surface area contributed by atoms with Gasteiger partial charge in [-0.1, -0.05) is 25.0 Å². The molecule has 1 saturated carbocycles. The highest BCUT2D eigenvalue weighted by Gasteiger charge is 2.28. The van der Waals surface area contributed by atoms with E-state index in [9.17, 15) is 9.59 Å². The average molecular weight is 357 g/mol. The van der Waals surface area contributed by atoms with Crippen molar-refractivity contribution in [3.05, 3.63) is 46.7 Å². The normalized spacial score (nSPS) is 15.6. The van der Waals surface area contributed by atoms with Crippen molar-refractivity contribution in [1.29, 1.82) is 0 Å². The summed E-state index contributed by atoms with van der Waals surface area (Å²) in [6.45, 7) is 1.46. The maximum absolute atomic E-state index is 12.5. The van der Waals surface area contributed by atoms with Gasteiger partial charge in [0.1, 0.15) is 0 Å². The molecule has 5 nitrogen and oxygen atoms in total. The Bertz CT molecular complexity index is 724. The molecule has 2 aromatic rings. The highest BCUT2D eigenvalue weighted by atomic mass is 32.1. The van der Waals surface area contributed by atoms with E-state index >= 15 is 0 Å². The van der Waals surface area contributed by atoms with Crippen LogP contribution in [0, 0.1) is 5.92 Å². The fourth-order valence-corrected chi connectivity index (χ4v) is 4.24. The fourth-order valence-electron chi connectivity index (χ4n) is 3.37. The van der Waals surface area contributed by atoms with E-state index < -0.39 is 0 Å². The zero-order chi connectivity index (χ0) is 17.6. The van der Waals surface area contributed by atoms with Crippen LogP contribution in [0.5, 0.6) is 0 Å². The number of amides is 3. The number of hydrogen-bond acceptors (Lipinski definition) is 3. The predicted molar refractivity (Wildman–Crippen MR) is 102 cm³/mol. The van der Waals surface area contributed by atoms with Gasteiger partial charge >= 0.3 is 6.03 Å². The van der Waals surface area contributed by atoms with Crippen molar-refractivity contribution in [2.45, 2.75) is 38.6 Å². The zero-order valence-corrected chi connectivity index (χ0v) is 15.1. The Morgan fingerprint density at radius 2 is 1.80 bits per heavy atom. The molecular formula is C19H23N3O2S. The molecule has 6 heteroatoms. The molecule has 25 heavy (non-hydrogen) atoms. The van der Waals surface area contributed by atoms with Crippen molar-refractivity contribution in [3.8, 4) is 0 Å². The third-order valence-electron chi connectivity index (χ3n) is 4.45. The molecule has 1 atom stereocenters. The van der Waals surface area contributed by atoms with Gasteiger partial charge in [0.15, 0.2) is 0 Å². The van der Waals surface area contributed by atoms with E-state index in [1.54, 1.807) is 35.6 Å². The number of carbonyl (C=O) groups excluding carboxylic acids is 2. The number of hydrogen-bond donors (Lipinski definition) is 3. The van der Waals surface area contributed by atoms with Gasteiger partial charge in [0.05, 0.1) is 6.04 Å². The number of carbonyl (C=O) groups is 2. The average Bonchev–Trinajstić information content (AvgIpc) is 3.26. The van der Waals surface area contributed by atoms with Crippen molar-refractivity contribution in [2.75, 3.05) is 10.6 Å². The summed E-state index contributed by atoms with van der Waals surface area (Å²) in [5, 5.41) is 10.8. The maximum Gasteiger partial charge on any atom is 0.319 e. The lowest BCUT2D eigenvalue weighted by Crippen LogP contribution is -2.35. The minimum absolute atomic E-state index is 0.0565. The molecule has 0 unspecified atom stereocenters. The lowest BCUT2D eigenvalue weighted by atomic mass is 9.97. The van der Waals surface area contributed by atoms with E-state index in [0.717, 1.165) is 12.8 Å². The summed E-state index contributed by atoms with van der Waals surface area (Å²) in [6, 6.07) is 11.1. The first-order valence-corrected chi connectivity index (χ1v) is 9.48. The molecule has 1 heterocycles. The third-order valence-corrected chi connectivity index (χ3v) is 5.40. The summed E-state index contributed by atoms with van der Waals surface area (Å²) in [7, 11) is 0. The van der Waals surface area contributed by atoms with Crippen LogP contribution in [0.15, 0.2) is 41.8 Å². The lowest BCUT2D eigenvalue weighted by molar-refractivity contribution is -0.114. The second kappa shape index (κ2) is 8.16. The summed E-state index contributed by atoms with van der Waals surface area (Å²) in [6.07, 6.45) is 4.77. The van der Waals surface area contributed by atoms with Crippen LogP contribution in [-0.4, -0.2) is 11.9 Å². The van der Waals surface area contributed by atoms with Crippen molar-refractivity contribution in [1.82, 2.24) is 5.32 Å². The monoisotopic (exact) mass is 357 g/mol. The maximum atomic E-state index is 12.5. The SMILES string of the molecule is CC(=O)Nc1cccc(NC(=O)N[C@H](c2cccs2)C2CCCC2)c1. The topological polar surface area (TPSA) is 70.2 Å².